The largest absolute Gasteiger partial charge is 0.329 e. The van der Waals surface area contributed by atoms with Gasteiger partial charge >= 0.3 is 0 Å². The van der Waals surface area contributed by atoms with Crippen molar-refractivity contribution in [3.63, 3.8) is 0 Å². The number of hydrogen-bond donors (Lipinski definition) is 2. The van der Waals surface area contributed by atoms with Crippen LogP contribution in [0.5, 0.6) is 0 Å². The number of carbonyl (C=O) groups is 1. The molecule has 5 heteroatoms. The maximum absolute atomic E-state index is 12.8. The Hall–Kier alpha value is -2.92. The van der Waals surface area contributed by atoms with E-state index in [4.69, 9.17) is 5.73 Å². The molecule has 24 heavy (non-hydrogen) atoms. The maximum atomic E-state index is 12.8. The minimum Gasteiger partial charge on any atom is -0.329 e. The number of benzene rings is 2. The van der Waals surface area contributed by atoms with Gasteiger partial charge in [0, 0.05) is 24.2 Å². The number of nitrogens with zero attached hydrogens (tertiary/aromatic N) is 2. The van der Waals surface area contributed by atoms with E-state index in [-0.39, 0.29) is 11.9 Å². The molecule has 3 aromatic rings. The Morgan fingerprint density at radius 1 is 1.04 bits per heavy atom. The Morgan fingerprint density at radius 3 is 2.38 bits per heavy atom. The van der Waals surface area contributed by atoms with Crippen LogP contribution >= 0.6 is 0 Å². The van der Waals surface area contributed by atoms with Crippen LogP contribution in [0.2, 0.25) is 0 Å². The molecule has 2 heterocycles. The van der Waals surface area contributed by atoms with Crippen LogP contribution in [0.25, 0.3) is 11.3 Å². The Labute approximate surface area is 140 Å². The molecule has 1 atom stereocenters. The summed E-state index contributed by atoms with van der Waals surface area (Å²) in [5, 5.41) is 7.37. The van der Waals surface area contributed by atoms with Crippen LogP contribution in [-0.4, -0.2) is 34.1 Å². The zero-order chi connectivity index (χ0) is 16.5. The van der Waals surface area contributed by atoms with E-state index in [0.717, 1.165) is 22.4 Å². The summed E-state index contributed by atoms with van der Waals surface area (Å²) in [5.41, 5.74) is 10.1. The van der Waals surface area contributed by atoms with Gasteiger partial charge in [0.25, 0.3) is 5.91 Å². The molecule has 0 saturated heterocycles. The van der Waals surface area contributed by atoms with Gasteiger partial charge in [-0.1, -0.05) is 60.7 Å². The average Bonchev–Trinajstić information content (AvgIpc) is 3.17. The second kappa shape index (κ2) is 5.94. The van der Waals surface area contributed by atoms with Gasteiger partial charge in [-0.15, -0.1) is 0 Å². The van der Waals surface area contributed by atoms with Crippen LogP contribution in [0.3, 0.4) is 0 Å². The minimum absolute atomic E-state index is 0.0426. The number of aromatic nitrogens is 2. The van der Waals surface area contributed by atoms with Crippen molar-refractivity contribution in [1.29, 1.82) is 0 Å². The normalized spacial score (nSPS) is 16.5. The molecule has 0 bridgehead atoms. The van der Waals surface area contributed by atoms with Gasteiger partial charge < -0.3 is 10.6 Å². The third-order valence-electron chi connectivity index (χ3n) is 4.40. The van der Waals surface area contributed by atoms with Crippen molar-refractivity contribution in [1.82, 2.24) is 15.1 Å². The van der Waals surface area contributed by atoms with E-state index in [2.05, 4.69) is 10.2 Å². The first-order valence-electron chi connectivity index (χ1n) is 8.01. The Morgan fingerprint density at radius 2 is 1.71 bits per heavy atom. The highest BCUT2D eigenvalue weighted by atomic mass is 16.2. The fourth-order valence-corrected chi connectivity index (χ4v) is 3.36. The van der Waals surface area contributed by atoms with Gasteiger partial charge in [-0.3, -0.25) is 9.89 Å². The van der Waals surface area contributed by atoms with Crippen molar-refractivity contribution in [2.24, 2.45) is 5.73 Å². The van der Waals surface area contributed by atoms with E-state index in [1.165, 1.54) is 0 Å². The van der Waals surface area contributed by atoms with Crippen molar-refractivity contribution in [3.8, 4) is 11.3 Å². The molecule has 0 radical (unpaired) electrons. The van der Waals surface area contributed by atoms with E-state index in [1.54, 1.807) is 0 Å². The SMILES string of the molecule is NCCN1C(=O)c2[nH]nc(-c3ccccc3)c2[C@H]1c1ccccc1. The zero-order valence-corrected chi connectivity index (χ0v) is 13.1. The monoisotopic (exact) mass is 318 g/mol. The highest BCUT2D eigenvalue weighted by Crippen LogP contribution is 2.42. The molecule has 1 aliphatic rings. The Balaban J connectivity index is 1.90. The highest BCUT2D eigenvalue weighted by Gasteiger charge is 2.41. The smallest absolute Gasteiger partial charge is 0.273 e. The van der Waals surface area contributed by atoms with Gasteiger partial charge in [0.1, 0.15) is 5.69 Å². The lowest BCUT2D eigenvalue weighted by Gasteiger charge is -2.25. The fraction of sp³-hybridized carbons (Fsp3) is 0.158. The minimum atomic E-state index is -0.161. The molecule has 2 aromatic carbocycles. The number of nitrogens with two attached hydrogens (primary N) is 1. The van der Waals surface area contributed by atoms with Gasteiger partial charge in [0.05, 0.1) is 11.7 Å². The summed E-state index contributed by atoms with van der Waals surface area (Å²) in [6, 6.07) is 19.8. The number of nitrogens with one attached hydrogen (secondary N) is 1. The van der Waals surface area contributed by atoms with Crippen LogP contribution in [0.4, 0.5) is 0 Å². The summed E-state index contributed by atoms with van der Waals surface area (Å²) in [6.45, 7) is 0.933. The lowest BCUT2D eigenvalue weighted by molar-refractivity contribution is 0.0749. The van der Waals surface area contributed by atoms with Crippen molar-refractivity contribution in [2.75, 3.05) is 13.1 Å². The standard InChI is InChI=1S/C19H18N4O/c20-11-12-23-18(14-9-5-2-6-10-14)15-16(13-7-3-1-4-8-13)21-22-17(15)19(23)24/h1-10,18H,11-12,20H2,(H,21,22)/t18-/m1/s1. The van der Waals surface area contributed by atoms with E-state index in [9.17, 15) is 4.79 Å². The predicted octanol–water partition coefficient (Wildman–Crippen LogP) is 2.58. The molecule has 1 aliphatic heterocycles. The summed E-state index contributed by atoms with van der Waals surface area (Å²) >= 11 is 0. The second-order valence-electron chi connectivity index (χ2n) is 5.83. The van der Waals surface area contributed by atoms with Crippen molar-refractivity contribution in [2.45, 2.75) is 6.04 Å². The molecule has 0 unspecified atom stereocenters. The molecule has 5 nitrogen and oxygen atoms in total. The first-order chi connectivity index (χ1) is 11.8. The van der Waals surface area contributed by atoms with Gasteiger partial charge in [-0.2, -0.15) is 5.10 Å². The molecule has 0 aliphatic carbocycles. The fourth-order valence-electron chi connectivity index (χ4n) is 3.36. The number of aromatic amines is 1. The number of hydrogen-bond acceptors (Lipinski definition) is 3. The Bertz CT molecular complexity index is 858. The molecule has 1 aromatic heterocycles. The third kappa shape index (κ3) is 2.21. The number of fused-ring (bicyclic) bond motifs is 1. The maximum Gasteiger partial charge on any atom is 0.273 e. The summed E-state index contributed by atoms with van der Waals surface area (Å²) in [6.07, 6.45) is 0. The van der Waals surface area contributed by atoms with E-state index in [1.807, 2.05) is 65.6 Å². The van der Waals surface area contributed by atoms with Crippen LogP contribution in [-0.2, 0) is 0 Å². The Kier molecular flexibility index (Phi) is 3.63. The highest BCUT2D eigenvalue weighted by molar-refractivity contribution is 6.00. The summed E-state index contributed by atoms with van der Waals surface area (Å²) < 4.78 is 0. The topological polar surface area (TPSA) is 75.0 Å². The van der Waals surface area contributed by atoms with E-state index < -0.39 is 0 Å². The number of rotatable bonds is 4. The molecule has 1 amide bonds. The number of carbonyl (C=O) groups excluding carboxylic acids is 1. The summed E-state index contributed by atoms with van der Waals surface area (Å²) in [7, 11) is 0. The molecular weight excluding hydrogens is 300 g/mol. The van der Waals surface area contributed by atoms with Crippen molar-refractivity contribution >= 4 is 5.91 Å². The van der Waals surface area contributed by atoms with Crippen molar-refractivity contribution < 1.29 is 4.79 Å². The summed E-state index contributed by atoms with van der Waals surface area (Å²) in [5.74, 6) is -0.0426. The molecular formula is C19H18N4O. The first-order valence-corrected chi connectivity index (χ1v) is 8.01. The van der Waals surface area contributed by atoms with Gasteiger partial charge in [0.2, 0.25) is 0 Å². The lowest BCUT2D eigenvalue weighted by Crippen LogP contribution is -2.34. The lowest BCUT2D eigenvalue weighted by atomic mass is 9.96. The molecule has 0 fully saturated rings. The zero-order valence-electron chi connectivity index (χ0n) is 13.1. The molecule has 0 spiro atoms. The predicted molar refractivity (Wildman–Crippen MR) is 92.4 cm³/mol. The molecule has 120 valence electrons. The first kappa shape index (κ1) is 14.7. The van der Waals surface area contributed by atoms with Gasteiger partial charge in [-0.25, -0.2) is 0 Å². The van der Waals surface area contributed by atoms with Crippen LogP contribution < -0.4 is 5.73 Å². The van der Waals surface area contributed by atoms with Crippen molar-refractivity contribution in [3.05, 3.63) is 77.5 Å². The van der Waals surface area contributed by atoms with Gasteiger partial charge in [0.15, 0.2) is 0 Å². The van der Waals surface area contributed by atoms with Crippen LogP contribution in [0, 0.1) is 0 Å². The second-order valence-corrected chi connectivity index (χ2v) is 5.83. The molecule has 0 saturated carbocycles. The molecule has 3 N–H and O–H groups in total. The third-order valence-corrected chi connectivity index (χ3v) is 4.40. The van der Waals surface area contributed by atoms with Crippen LogP contribution in [0.15, 0.2) is 60.7 Å². The van der Waals surface area contributed by atoms with Crippen LogP contribution in [0.1, 0.15) is 27.7 Å². The summed E-state index contributed by atoms with van der Waals surface area (Å²) in [4.78, 5) is 14.6. The average molecular weight is 318 g/mol. The van der Waals surface area contributed by atoms with E-state index >= 15 is 0 Å². The van der Waals surface area contributed by atoms with E-state index in [0.29, 0.717) is 18.8 Å². The number of H-pyrrole nitrogens is 1. The van der Waals surface area contributed by atoms with Gasteiger partial charge in [-0.05, 0) is 5.56 Å². The number of amides is 1. The quantitative estimate of drug-likeness (QED) is 0.776. The molecule has 4 rings (SSSR count).